The van der Waals surface area contributed by atoms with Crippen LogP contribution in [-0.2, 0) is 9.53 Å². The lowest BCUT2D eigenvalue weighted by molar-refractivity contribution is -0.524. The molecule has 0 rings (SSSR count). The molecule has 1 atom stereocenters. The number of ether oxygens (including phenoxy) is 1. The van der Waals surface area contributed by atoms with Gasteiger partial charge in [0.05, 0.1) is 13.5 Å². The van der Waals surface area contributed by atoms with Crippen molar-refractivity contribution in [1.82, 2.24) is 0 Å². The van der Waals surface area contributed by atoms with E-state index in [1.807, 2.05) is 6.92 Å². The number of rotatable bonds is 6. The first-order valence-corrected chi connectivity index (χ1v) is 4.32. The number of carbonyl (C=O) groups excluding carboxylic acids is 1. The smallest absolute Gasteiger partial charge is 0.305 e. The number of methoxy groups -OCH3 is 1. The zero-order valence-corrected chi connectivity index (χ0v) is 7.99. The van der Waals surface area contributed by atoms with Gasteiger partial charge in [-0.25, -0.2) is 0 Å². The first kappa shape index (κ1) is 11.9. The predicted molar refractivity (Wildman–Crippen MR) is 46.9 cm³/mol. The molecule has 0 saturated carbocycles. The first-order chi connectivity index (χ1) is 6.11. The fourth-order valence-electron chi connectivity index (χ4n) is 1.07. The van der Waals surface area contributed by atoms with Gasteiger partial charge in [0.15, 0.2) is 0 Å². The molecule has 0 heterocycles. The van der Waals surface area contributed by atoms with Crippen LogP contribution in [0.5, 0.6) is 0 Å². The van der Waals surface area contributed by atoms with Gasteiger partial charge in [-0.2, -0.15) is 0 Å². The van der Waals surface area contributed by atoms with Crippen LogP contribution in [0.3, 0.4) is 0 Å². The second kappa shape index (κ2) is 6.39. The van der Waals surface area contributed by atoms with Crippen LogP contribution in [-0.4, -0.2) is 24.0 Å². The van der Waals surface area contributed by atoms with Gasteiger partial charge in [0.2, 0.25) is 6.04 Å². The zero-order valence-electron chi connectivity index (χ0n) is 7.99. The van der Waals surface area contributed by atoms with Gasteiger partial charge in [0.25, 0.3) is 0 Å². The van der Waals surface area contributed by atoms with Gasteiger partial charge in [-0.15, -0.1) is 0 Å². The minimum atomic E-state index is -0.607. The van der Waals surface area contributed by atoms with Gasteiger partial charge in [0, 0.05) is 17.8 Å². The van der Waals surface area contributed by atoms with E-state index in [0.717, 1.165) is 6.42 Å². The molecule has 0 aliphatic rings. The molecule has 0 aliphatic carbocycles. The molecule has 0 fully saturated rings. The van der Waals surface area contributed by atoms with E-state index < -0.39 is 6.04 Å². The summed E-state index contributed by atoms with van der Waals surface area (Å²) in [6, 6.07) is -0.607. The van der Waals surface area contributed by atoms with Gasteiger partial charge in [-0.05, 0) is 6.42 Å². The second-order valence-corrected chi connectivity index (χ2v) is 2.84. The Labute approximate surface area is 77.2 Å². The maximum Gasteiger partial charge on any atom is 0.305 e. The number of hydrogen-bond donors (Lipinski definition) is 0. The summed E-state index contributed by atoms with van der Waals surface area (Å²) >= 11 is 0. The largest absolute Gasteiger partial charge is 0.469 e. The van der Waals surface area contributed by atoms with Crippen LogP contribution in [0, 0.1) is 10.1 Å². The van der Waals surface area contributed by atoms with Crippen molar-refractivity contribution in [2.24, 2.45) is 0 Å². The van der Waals surface area contributed by atoms with Crippen LogP contribution in [0.4, 0.5) is 0 Å². The summed E-state index contributed by atoms with van der Waals surface area (Å²) in [5, 5.41) is 10.4. The summed E-state index contributed by atoms with van der Waals surface area (Å²) in [5.41, 5.74) is 0. The Hall–Kier alpha value is -1.13. The van der Waals surface area contributed by atoms with Crippen molar-refractivity contribution in [3.05, 3.63) is 10.1 Å². The monoisotopic (exact) mass is 189 g/mol. The summed E-state index contributed by atoms with van der Waals surface area (Å²) in [6.07, 6.45) is 1.67. The van der Waals surface area contributed by atoms with Crippen LogP contribution < -0.4 is 0 Å². The number of hydrogen-bond acceptors (Lipinski definition) is 4. The van der Waals surface area contributed by atoms with E-state index in [9.17, 15) is 14.9 Å². The Morgan fingerprint density at radius 3 is 2.54 bits per heavy atom. The average molecular weight is 189 g/mol. The highest BCUT2D eigenvalue weighted by Crippen LogP contribution is 2.08. The molecule has 0 amide bonds. The molecule has 0 aliphatic heterocycles. The fraction of sp³-hybridized carbons (Fsp3) is 0.875. The average Bonchev–Trinajstić information content (AvgIpc) is 2.11. The SMILES string of the molecule is CCCC(CCC(=O)OC)[N+](=O)[O-]. The number of carbonyl (C=O) groups is 1. The first-order valence-electron chi connectivity index (χ1n) is 4.32. The molecule has 0 aromatic carbocycles. The van der Waals surface area contributed by atoms with Gasteiger partial charge in [-0.1, -0.05) is 6.92 Å². The lowest BCUT2D eigenvalue weighted by Crippen LogP contribution is -2.20. The third-order valence-electron chi connectivity index (χ3n) is 1.83. The molecule has 13 heavy (non-hydrogen) atoms. The van der Waals surface area contributed by atoms with Crippen molar-refractivity contribution in [3.8, 4) is 0 Å². The molecule has 0 bridgehead atoms. The third-order valence-corrected chi connectivity index (χ3v) is 1.83. The summed E-state index contributed by atoms with van der Waals surface area (Å²) < 4.78 is 4.40. The normalized spacial score (nSPS) is 12.2. The van der Waals surface area contributed by atoms with Gasteiger partial charge in [-0.3, -0.25) is 14.9 Å². The zero-order chi connectivity index (χ0) is 10.3. The Morgan fingerprint density at radius 2 is 2.15 bits per heavy atom. The molecule has 0 radical (unpaired) electrons. The molecule has 5 nitrogen and oxygen atoms in total. The standard InChI is InChI=1S/C8H15NO4/c1-3-4-7(9(11)12)5-6-8(10)13-2/h7H,3-6H2,1-2H3. The molecule has 0 saturated heterocycles. The topological polar surface area (TPSA) is 69.4 Å². The number of nitro groups is 1. The predicted octanol–water partition coefficient (Wildman–Crippen LogP) is 1.39. The van der Waals surface area contributed by atoms with E-state index in [4.69, 9.17) is 0 Å². The molecule has 0 N–H and O–H groups in total. The van der Waals surface area contributed by atoms with Crippen LogP contribution in [0.15, 0.2) is 0 Å². The maximum absolute atomic E-state index is 10.7. The van der Waals surface area contributed by atoms with E-state index in [1.54, 1.807) is 0 Å². The lowest BCUT2D eigenvalue weighted by atomic mass is 10.1. The Morgan fingerprint density at radius 1 is 1.54 bits per heavy atom. The summed E-state index contributed by atoms with van der Waals surface area (Å²) in [6.45, 7) is 1.88. The van der Waals surface area contributed by atoms with Gasteiger partial charge >= 0.3 is 5.97 Å². The van der Waals surface area contributed by atoms with Crippen LogP contribution in [0.25, 0.3) is 0 Å². The molecule has 76 valence electrons. The number of esters is 1. The molecule has 5 heteroatoms. The van der Waals surface area contributed by atoms with Crippen LogP contribution in [0.1, 0.15) is 32.6 Å². The third kappa shape index (κ3) is 5.16. The van der Waals surface area contributed by atoms with E-state index in [2.05, 4.69) is 4.74 Å². The van der Waals surface area contributed by atoms with E-state index >= 15 is 0 Å². The minimum absolute atomic E-state index is 0.127. The highest BCUT2D eigenvalue weighted by Gasteiger charge is 2.19. The number of nitrogens with zero attached hydrogens (tertiary/aromatic N) is 1. The molecule has 0 spiro atoms. The maximum atomic E-state index is 10.7. The van der Waals surface area contributed by atoms with Gasteiger partial charge < -0.3 is 4.74 Å². The van der Waals surface area contributed by atoms with Gasteiger partial charge in [0.1, 0.15) is 0 Å². The highest BCUT2D eigenvalue weighted by molar-refractivity contribution is 5.69. The van der Waals surface area contributed by atoms with Crippen LogP contribution in [0.2, 0.25) is 0 Å². The van der Waals surface area contributed by atoms with E-state index in [1.165, 1.54) is 7.11 Å². The van der Waals surface area contributed by atoms with Crippen LogP contribution >= 0.6 is 0 Å². The van der Waals surface area contributed by atoms with Crippen molar-refractivity contribution in [2.45, 2.75) is 38.6 Å². The highest BCUT2D eigenvalue weighted by atomic mass is 16.6. The summed E-state index contributed by atoms with van der Waals surface area (Å²) in [4.78, 5) is 20.8. The minimum Gasteiger partial charge on any atom is -0.469 e. The Kier molecular flexibility index (Phi) is 5.84. The van der Waals surface area contributed by atoms with E-state index in [-0.39, 0.29) is 23.7 Å². The lowest BCUT2D eigenvalue weighted by Gasteiger charge is -2.06. The molecular weight excluding hydrogens is 174 g/mol. The second-order valence-electron chi connectivity index (χ2n) is 2.84. The molecule has 0 aromatic rings. The molecule has 0 aromatic heterocycles. The fourth-order valence-corrected chi connectivity index (χ4v) is 1.07. The van der Waals surface area contributed by atoms with E-state index in [0.29, 0.717) is 6.42 Å². The summed E-state index contributed by atoms with van der Waals surface area (Å²) in [5.74, 6) is -0.386. The Balaban J connectivity index is 3.82. The molecule has 1 unspecified atom stereocenters. The van der Waals surface area contributed by atoms with Crippen molar-refractivity contribution >= 4 is 5.97 Å². The van der Waals surface area contributed by atoms with Crippen molar-refractivity contribution in [2.75, 3.05) is 7.11 Å². The van der Waals surface area contributed by atoms with Crippen molar-refractivity contribution in [1.29, 1.82) is 0 Å². The van der Waals surface area contributed by atoms with Crippen molar-refractivity contribution < 1.29 is 14.5 Å². The molecular formula is C8H15NO4. The Bertz CT molecular complexity index is 181. The summed E-state index contributed by atoms with van der Waals surface area (Å²) in [7, 11) is 1.28. The van der Waals surface area contributed by atoms with Crippen molar-refractivity contribution in [3.63, 3.8) is 0 Å². The quantitative estimate of drug-likeness (QED) is 0.359.